The van der Waals surface area contributed by atoms with Crippen molar-refractivity contribution >= 4 is 41.5 Å². The fraction of sp³-hybridized carbons (Fsp3) is 0.667. The number of piperidine rings is 1. The second-order valence-electron chi connectivity index (χ2n) is 9.05. The predicted octanol–water partition coefficient (Wildman–Crippen LogP) is 3.85. The van der Waals surface area contributed by atoms with Gasteiger partial charge in [-0.15, -0.1) is 24.0 Å². The van der Waals surface area contributed by atoms with Crippen molar-refractivity contribution in [3.05, 3.63) is 29.8 Å². The van der Waals surface area contributed by atoms with E-state index in [9.17, 15) is 4.79 Å². The summed E-state index contributed by atoms with van der Waals surface area (Å²) >= 11 is 0. The molecule has 2 saturated heterocycles. The van der Waals surface area contributed by atoms with E-state index in [1.54, 1.807) is 0 Å². The molecular formula is C24H40IN5O. The third kappa shape index (κ3) is 8.25. The molecule has 1 aromatic rings. The maximum absolute atomic E-state index is 11.9. The summed E-state index contributed by atoms with van der Waals surface area (Å²) in [6.45, 7) is 13.6. The number of hydrogen-bond acceptors (Lipinski definition) is 3. The van der Waals surface area contributed by atoms with E-state index in [4.69, 9.17) is 4.99 Å². The van der Waals surface area contributed by atoms with Crippen molar-refractivity contribution in [2.24, 2.45) is 16.8 Å². The Bertz CT molecular complexity index is 706. The second-order valence-corrected chi connectivity index (χ2v) is 9.05. The molecule has 0 spiro atoms. The van der Waals surface area contributed by atoms with Gasteiger partial charge in [-0.3, -0.25) is 4.79 Å². The summed E-state index contributed by atoms with van der Waals surface area (Å²) in [7, 11) is 0. The first kappa shape index (κ1) is 25.9. The zero-order chi connectivity index (χ0) is 21.3. The number of halogens is 1. The molecule has 0 aliphatic carbocycles. The Balaban J connectivity index is 0.00000341. The van der Waals surface area contributed by atoms with Gasteiger partial charge in [-0.05, 0) is 62.3 Å². The summed E-state index contributed by atoms with van der Waals surface area (Å²) in [6.07, 6.45) is 4.20. The fourth-order valence-electron chi connectivity index (χ4n) is 4.46. The normalized spacial score (nSPS) is 20.1. The van der Waals surface area contributed by atoms with Crippen molar-refractivity contribution in [3.8, 4) is 0 Å². The van der Waals surface area contributed by atoms with Gasteiger partial charge in [0.1, 0.15) is 0 Å². The van der Waals surface area contributed by atoms with E-state index in [2.05, 4.69) is 48.4 Å². The van der Waals surface area contributed by atoms with Gasteiger partial charge >= 0.3 is 0 Å². The molecule has 0 radical (unpaired) electrons. The molecule has 2 aliphatic rings. The molecule has 2 heterocycles. The molecule has 2 N–H and O–H groups in total. The van der Waals surface area contributed by atoms with Crippen molar-refractivity contribution in [2.75, 3.05) is 44.2 Å². The number of amides is 1. The number of aliphatic imine (C=N–C) groups is 1. The summed E-state index contributed by atoms with van der Waals surface area (Å²) in [5.41, 5.74) is 2.15. The minimum Gasteiger partial charge on any atom is -0.357 e. The number of nitrogens with one attached hydrogen (secondary N) is 2. The minimum absolute atomic E-state index is 0. The highest BCUT2D eigenvalue weighted by Crippen LogP contribution is 2.22. The first-order valence-electron chi connectivity index (χ1n) is 11.7. The topological polar surface area (TPSA) is 60.0 Å². The third-order valence-corrected chi connectivity index (χ3v) is 5.87. The molecule has 0 saturated carbocycles. The lowest BCUT2D eigenvalue weighted by atomic mass is 9.97. The summed E-state index contributed by atoms with van der Waals surface area (Å²) in [4.78, 5) is 21.2. The minimum atomic E-state index is 0. The van der Waals surface area contributed by atoms with Gasteiger partial charge in [0.2, 0.25) is 5.91 Å². The number of nitrogens with zero attached hydrogens (tertiary/aromatic N) is 3. The highest BCUT2D eigenvalue weighted by molar-refractivity contribution is 14.0. The Morgan fingerprint density at radius 3 is 2.58 bits per heavy atom. The van der Waals surface area contributed by atoms with Gasteiger partial charge in [-0.2, -0.15) is 0 Å². The van der Waals surface area contributed by atoms with Crippen LogP contribution in [0.1, 0.15) is 52.0 Å². The Morgan fingerprint density at radius 1 is 1.16 bits per heavy atom. The number of benzene rings is 1. The highest BCUT2D eigenvalue weighted by Gasteiger charge is 2.22. The number of carbonyl (C=O) groups excluding carboxylic acids is 1. The molecular weight excluding hydrogens is 501 g/mol. The van der Waals surface area contributed by atoms with E-state index >= 15 is 0 Å². The monoisotopic (exact) mass is 541 g/mol. The average Bonchev–Trinajstić information content (AvgIpc) is 3.16. The molecule has 0 bridgehead atoms. The van der Waals surface area contributed by atoms with Crippen molar-refractivity contribution < 1.29 is 4.79 Å². The van der Waals surface area contributed by atoms with Gasteiger partial charge in [-0.1, -0.05) is 26.0 Å². The first-order chi connectivity index (χ1) is 14.5. The number of guanidine groups is 1. The summed E-state index contributed by atoms with van der Waals surface area (Å²) < 4.78 is 0. The first-order valence-corrected chi connectivity index (χ1v) is 11.7. The zero-order valence-electron chi connectivity index (χ0n) is 19.4. The van der Waals surface area contributed by atoms with Gasteiger partial charge < -0.3 is 20.4 Å². The van der Waals surface area contributed by atoms with Crippen LogP contribution in [0.15, 0.2) is 29.3 Å². The quantitative estimate of drug-likeness (QED) is 0.298. The summed E-state index contributed by atoms with van der Waals surface area (Å²) in [5.74, 6) is 2.52. The molecule has 2 aliphatic heterocycles. The number of likely N-dealkylation sites (tertiary alicyclic amines) is 1. The van der Waals surface area contributed by atoms with Crippen LogP contribution in [0.5, 0.6) is 0 Å². The third-order valence-electron chi connectivity index (χ3n) is 5.87. The molecule has 0 aromatic heterocycles. The van der Waals surface area contributed by atoms with Crippen LogP contribution >= 0.6 is 24.0 Å². The highest BCUT2D eigenvalue weighted by atomic mass is 127. The van der Waals surface area contributed by atoms with Crippen LogP contribution in [0.3, 0.4) is 0 Å². The largest absolute Gasteiger partial charge is 0.357 e. The van der Waals surface area contributed by atoms with Crippen molar-refractivity contribution in [1.29, 1.82) is 0 Å². The van der Waals surface area contributed by atoms with Crippen molar-refractivity contribution in [1.82, 2.24) is 15.5 Å². The molecule has 174 valence electrons. The van der Waals surface area contributed by atoms with Crippen LogP contribution in [0.2, 0.25) is 0 Å². The fourth-order valence-corrected chi connectivity index (χ4v) is 4.46. The maximum atomic E-state index is 11.9. The van der Waals surface area contributed by atoms with E-state index in [-0.39, 0.29) is 29.9 Å². The Labute approximate surface area is 205 Å². The maximum Gasteiger partial charge on any atom is 0.227 e. The molecule has 1 aromatic carbocycles. The lowest BCUT2D eigenvalue weighted by molar-refractivity contribution is -0.117. The Hall–Kier alpha value is -1.35. The van der Waals surface area contributed by atoms with Gasteiger partial charge in [0, 0.05) is 44.8 Å². The number of carbonyl (C=O) groups is 1. The predicted molar refractivity (Wildman–Crippen MR) is 140 cm³/mol. The van der Waals surface area contributed by atoms with Crippen LogP contribution in [0, 0.1) is 11.8 Å². The van der Waals surface area contributed by atoms with Crippen LogP contribution in [0.25, 0.3) is 0 Å². The Morgan fingerprint density at radius 2 is 1.94 bits per heavy atom. The average molecular weight is 542 g/mol. The second kappa shape index (κ2) is 13.3. The van der Waals surface area contributed by atoms with Crippen molar-refractivity contribution in [2.45, 2.75) is 53.0 Å². The van der Waals surface area contributed by atoms with Gasteiger partial charge in [0.25, 0.3) is 0 Å². The van der Waals surface area contributed by atoms with E-state index < -0.39 is 0 Å². The van der Waals surface area contributed by atoms with E-state index in [0.29, 0.717) is 18.9 Å². The number of rotatable bonds is 8. The van der Waals surface area contributed by atoms with Crippen molar-refractivity contribution in [3.63, 3.8) is 0 Å². The van der Waals surface area contributed by atoms with Crippen LogP contribution in [-0.4, -0.2) is 56.0 Å². The van der Waals surface area contributed by atoms with E-state index in [0.717, 1.165) is 49.2 Å². The summed E-state index contributed by atoms with van der Waals surface area (Å²) in [6, 6.07) is 8.25. The molecule has 1 amide bonds. The SMILES string of the molecule is CCNC(=NCc1ccc(N2CCCC2=O)cc1)NCC1CCCN(CC(C)C)C1.I. The number of anilines is 1. The van der Waals surface area contributed by atoms with E-state index in [1.807, 2.05) is 17.0 Å². The lowest BCUT2D eigenvalue weighted by Crippen LogP contribution is -2.45. The van der Waals surface area contributed by atoms with Gasteiger partial charge in [-0.25, -0.2) is 4.99 Å². The molecule has 31 heavy (non-hydrogen) atoms. The molecule has 2 fully saturated rings. The van der Waals surface area contributed by atoms with Crippen LogP contribution in [0.4, 0.5) is 5.69 Å². The van der Waals surface area contributed by atoms with Crippen LogP contribution in [-0.2, 0) is 11.3 Å². The standard InChI is InChI=1S/C24H39N5O.HI/c1-4-25-24(27-16-21-7-5-13-28(18-21)17-19(2)3)26-15-20-9-11-22(12-10-20)29-14-6-8-23(29)30;/h9-12,19,21H,4-8,13-18H2,1-3H3,(H2,25,26,27);1H. The Kier molecular flexibility index (Phi) is 11.1. The smallest absolute Gasteiger partial charge is 0.227 e. The molecule has 1 unspecified atom stereocenters. The molecule has 7 heteroatoms. The number of hydrogen-bond donors (Lipinski definition) is 2. The molecule has 6 nitrogen and oxygen atoms in total. The zero-order valence-corrected chi connectivity index (χ0v) is 21.7. The summed E-state index contributed by atoms with van der Waals surface area (Å²) in [5, 5.41) is 6.93. The van der Waals surface area contributed by atoms with Crippen LogP contribution < -0.4 is 15.5 Å². The van der Waals surface area contributed by atoms with E-state index in [1.165, 1.54) is 32.5 Å². The molecule has 3 rings (SSSR count). The molecule has 1 atom stereocenters. The lowest BCUT2D eigenvalue weighted by Gasteiger charge is -2.34. The van der Waals surface area contributed by atoms with Gasteiger partial charge in [0.05, 0.1) is 6.54 Å². The van der Waals surface area contributed by atoms with Gasteiger partial charge in [0.15, 0.2) is 5.96 Å².